The highest BCUT2D eigenvalue weighted by atomic mass is 14.9. The SMILES string of the molecule is CC(C)CNCCNCC1CCC(C)CC1. The molecular formula is C14H30N2. The van der Waals surface area contributed by atoms with Crippen molar-refractivity contribution in [3.05, 3.63) is 0 Å². The van der Waals surface area contributed by atoms with Crippen molar-refractivity contribution < 1.29 is 0 Å². The quantitative estimate of drug-likeness (QED) is 0.652. The Morgan fingerprint density at radius 2 is 1.62 bits per heavy atom. The van der Waals surface area contributed by atoms with Crippen LogP contribution in [0.25, 0.3) is 0 Å². The van der Waals surface area contributed by atoms with Gasteiger partial charge in [0, 0.05) is 13.1 Å². The molecular weight excluding hydrogens is 196 g/mol. The molecule has 0 radical (unpaired) electrons. The molecule has 0 saturated heterocycles. The average molecular weight is 226 g/mol. The van der Waals surface area contributed by atoms with Gasteiger partial charge in [-0.3, -0.25) is 0 Å². The normalized spacial score (nSPS) is 26.2. The van der Waals surface area contributed by atoms with Gasteiger partial charge < -0.3 is 10.6 Å². The van der Waals surface area contributed by atoms with Crippen LogP contribution in [0.3, 0.4) is 0 Å². The highest BCUT2D eigenvalue weighted by Crippen LogP contribution is 2.27. The van der Waals surface area contributed by atoms with E-state index in [-0.39, 0.29) is 0 Å². The van der Waals surface area contributed by atoms with Gasteiger partial charge in [0.1, 0.15) is 0 Å². The molecule has 0 aromatic heterocycles. The van der Waals surface area contributed by atoms with E-state index in [1.807, 2.05) is 0 Å². The number of rotatable bonds is 7. The first kappa shape index (κ1) is 14.0. The van der Waals surface area contributed by atoms with Crippen LogP contribution < -0.4 is 10.6 Å². The molecule has 1 aliphatic carbocycles. The fraction of sp³-hybridized carbons (Fsp3) is 1.00. The summed E-state index contributed by atoms with van der Waals surface area (Å²) < 4.78 is 0. The first-order valence-electron chi connectivity index (χ1n) is 7.10. The number of hydrogen-bond acceptors (Lipinski definition) is 2. The molecule has 0 heterocycles. The van der Waals surface area contributed by atoms with Crippen molar-refractivity contribution in [2.75, 3.05) is 26.2 Å². The maximum absolute atomic E-state index is 3.58. The van der Waals surface area contributed by atoms with E-state index < -0.39 is 0 Å². The van der Waals surface area contributed by atoms with Crippen LogP contribution in [-0.2, 0) is 0 Å². The summed E-state index contributed by atoms with van der Waals surface area (Å²) in [4.78, 5) is 0. The molecule has 0 spiro atoms. The third-order valence-corrected chi connectivity index (χ3v) is 3.60. The van der Waals surface area contributed by atoms with Gasteiger partial charge in [0.05, 0.1) is 0 Å². The Balaban J connectivity index is 1.87. The highest BCUT2D eigenvalue weighted by molar-refractivity contribution is 4.71. The molecule has 0 aliphatic heterocycles. The Morgan fingerprint density at radius 1 is 1.00 bits per heavy atom. The summed E-state index contributed by atoms with van der Waals surface area (Å²) in [5.41, 5.74) is 0. The monoisotopic (exact) mass is 226 g/mol. The maximum Gasteiger partial charge on any atom is 0.00768 e. The van der Waals surface area contributed by atoms with Crippen molar-refractivity contribution in [3.63, 3.8) is 0 Å². The Bertz CT molecular complexity index is 160. The van der Waals surface area contributed by atoms with Gasteiger partial charge in [-0.2, -0.15) is 0 Å². The molecule has 0 unspecified atom stereocenters. The van der Waals surface area contributed by atoms with Crippen molar-refractivity contribution in [2.24, 2.45) is 17.8 Å². The van der Waals surface area contributed by atoms with E-state index in [0.29, 0.717) is 0 Å². The van der Waals surface area contributed by atoms with Crippen LogP contribution in [0, 0.1) is 17.8 Å². The smallest absolute Gasteiger partial charge is 0.00768 e. The van der Waals surface area contributed by atoms with Gasteiger partial charge in [-0.15, -0.1) is 0 Å². The van der Waals surface area contributed by atoms with E-state index in [4.69, 9.17) is 0 Å². The molecule has 0 aromatic carbocycles. The molecule has 96 valence electrons. The van der Waals surface area contributed by atoms with Crippen molar-refractivity contribution in [1.29, 1.82) is 0 Å². The highest BCUT2D eigenvalue weighted by Gasteiger charge is 2.17. The molecule has 2 heteroatoms. The zero-order valence-corrected chi connectivity index (χ0v) is 11.4. The van der Waals surface area contributed by atoms with Crippen LogP contribution in [0.4, 0.5) is 0 Å². The van der Waals surface area contributed by atoms with Crippen LogP contribution in [0.1, 0.15) is 46.5 Å². The van der Waals surface area contributed by atoms with Gasteiger partial charge in [-0.1, -0.05) is 33.6 Å². The largest absolute Gasteiger partial charge is 0.315 e. The predicted octanol–water partition coefficient (Wildman–Crippen LogP) is 2.65. The van der Waals surface area contributed by atoms with Gasteiger partial charge in [-0.05, 0) is 43.7 Å². The Hall–Kier alpha value is -0.0800. The second kappa shape index (κ2) is 8.08. The first-order chi connectivity index (χ1) is 7.68. The summed E-state index contributed by atoms with van der Waals surface area (Å²) in [6.07, 6.45) is 5.76. The lowest BCUT2D eigenvalue weighted by Gasteiger charge is -2.26. The molecule has 0 amide bonds. The standard InChI is InChI=1S/C14H30N2/c1-12(2)10-15-8-9-16-11-14-6-4-13(3)5-7-14/h12-16H,4-11H2,1-3H3. The van der Waals surface area contributed by atoms with Gasteiger partial charge in [0.2, 0.25) is 0 Å². The molecule has 1 fully saturated rings. The van der Waals surface area contributed by atoms with Crippen LogP contribution in [0.5, 0.6) is 0 Å². The Labute approximate surface area is 102 Å². The minimum Gasteiger partial charge on any atom is -0.315 e. The number of hydrogen-bond donors (Lipinski definition) is 2. The maximum atomic E-state index is 3.58. The van der Waals surface area contributed by atoms with E-state index in [1.165, 1.54) is 32.2 Å². The van der Waals surface area contributed by atoms with Crippen LogP contribution in [0.15, 0.2) is 0 Å². The summed E-state index contributed by atoms with van der Waals surface area (Å²) >= 11 is 0. The minimum absolute atomic E-state index is 0.764. The zero-order valence-electron chi connectivity index (χ0n) is 11.4. The predicted molar refractivity (Wildman–Crippen MR) is 71.7 cm³/mol. The summed E-state index contributed by atoms with van der Waals surface area (Å²) in [6, 6.07) is 0. The molecule has 2 N–H and O–H groups in total. The molecule has 16 heavy (non-hydrogen) atoms. The first-order valence-corrected chi connectivity index (χ1v) is 7.10. The van der Waals surface area contributed by atoms with Gasteiger partial charge in [0.25, 0.3) is 0 Å². The van der Waals surface area contributed by atoms with Crippen LogP contribution in [0.2, 0.25) is 0 Å². The molecule has 1 saturated carbocycles. The van der Waals surface area contributed by atoms with E-state index in [1.54, 1.807) is 0 Å². The molecule has 0 bridgehead atoms. The van der Waals surface area contributed by atoms with Gasteiger partial charge in [0.15, 0.2) is 0 Å². The van der Waals surface area contributed by atoms with Gasteiger partial charge >= 0.3 is 0 Å². The van der Waals surface area contributed by atoms with Crippen molar-refractivity contribution >= 4 is 0 Å². The van der Waals surface area contributed by atoms with Crippen molar-refractivity contribution in [1.82, 2.24) is 10.6 Å². The van der Waals surface area contributed by atoms with Gasteiger partial charge in [-0.25, -0.2) is 0 Å². The lowest BCUT2D eigenvalue weighted by atomic mass is 9.83. The topological polar surface area (TPSA) is 24.1 Å². The molecule has 0 aromatic rings. The third-order valence-electron chi connectivity index (χ3n) is 3.60. The molecule has 1 rings (SSSR count). The number of nitrogens with one attached hydrogen (secondary N) is 2. The van der Waals surface area contributed by atoms with E-state index in [9.17, 15) is 0 Å². The van der Waals surface area contributed by atoms with Crippen molar-refractivity contribution in [2.45, 2.75) is 46.5 Å². The zero-order chi connectivity index (χ0) is 11.8. The minimum atomic E-state index is 0.764. The second-order valence-corrected chi connectivity index (χ2v) is 5.93. The fourth-order valence-corrected chi connectivity index (χ4v) is 2.41. The summed E-state index contributed by atoms with van der Waals surface area (Å²) in [5.74, 6) is 2.69. The Morgan fingerprint density at radius 3 is 2.25 bits per heavy atom. The summed E-state index contributed by atoms with van der Waals surface area (Å²) in [7, 11) is 0. The van der Waals surface area contributed by atoms with Crippen LogP contribution >= 0.6 is 0 Å². The van der Waals surface area contributed by atoms with E-state index in [0.717, 1.165) is 37.4 Å². The lowest BCUT2D eigenvalue weighted by molar-refractivity contribution is 0.282. The van der Waals surface area contributed by atoms with Crippen molar-refractivity contribution in [3.8, 4) is 0 Å². The summed E-state index contributed by atoms with van der Waals surface area (Å²) in [5, 5.41) is 7.05. The second-order valence-electron chi connectivity index (χ2n) is 5.93. The average Bonchev–Trinajstić information content (AvgIpc) is 2.25. The third kappa shape index (κ3) is 6.49. The molecule has 2 nitrogen and oxygen atoms in total. The van der Waals surface area contributed by atoms with E-state index >= 15 is 0 Å². The lowest BCUT2D eigenvalue weighted by Crippen LogP contribution is -2.33. The molecule has 1 aliphatic rings. The van der Waals surface area contributed by atoms with Crippen LogP contribution in [-0.4, -0.2) is 26.2 Å². The Kier molecular flexibility index (Phi) is 7.06. The fourth-order valence-electron chi connectivity index (χ4n) is 2.41. The summed E-state index contributed by atoms with van der Waals surface area (Å²) in [6.45, 7) is 11.5. The van der Waals surface area contributed by atoms with E-state index in [2.05, 4.69) is 31.4 Å². The molecule has 0 atom stereocenters.